The normalized spacial score (nSPS) is 22.8. The van der Waals surface area contributed by atoms with Gasteiger partial charge in [-0.25, -0.2) is 13.6 Å². The quantitative estimate of drug-likeness (QED) is 0.241. The largest absolute Gasteiger partial charge is 0.478 e. The van der Waals surface area contributed by atoms with Crippen molar-refractivity contribution >= 4 is 52.4 Å². The summed E-state index contributed by atoms with van der Waals surface area (Å²) < 4.78 is 31.2. The fraction of sp³-hybridized carbons (Fsp3) is 0.310. The van der Waals surface area contributed by atoms with Crippen LogP contribution in [0.2, 0.25) is 15.1 Å². The number of amides is 1. The van der Waals surface area contributed by atoms with E-state index in [0.29, 0.717) is 6.42 Å². The number of carboxylic acid groups (broad SMARTS) is 1. The van der Waals surface area contributed by atoms with Gasteiger partial charge in [-0.1, -0.05) is 73.8 Å². The molecule has 6 nitrogen and oxygen atoms in total. The number of hydrogen-bond acceptors (Lipinski definition) is 4. The van der Waals surface area contributed by atoms with Gasteiger partial charge in [0.2, 0.25) is 5.91 Å². The summed E-state index contributed by atoms with van der Waals surface area (Å²) in [6, 6.07) is 10.6. The first-order valence-corrected chi connectivity index (χ1v) is 13.5. The van der Waals surface area contributed by atoms with Gasteiger partial charge in [0.05, 0.1) is 27.2 Å². The number of anilines is 1. The number of halogens is 5. The predicted octanol–water partition coefficient (Wildman–Crippen LogP) is 6.98. The van der Waals surface area contributed by atoms with Crippen molar-refractivity contribution in [3.63, 3.8) is 0 Å². The number of hydrogen-bond donors (Lipinski definition) is 4. The topological polar surface area (TPSA) is 104 Å². The SMILES string of the molecule is CC(C)(C)C[C@@H]1N[C@@H](C(=O)Nc2ccc(C(=O)O)c(Cl)c2)[C@H](c2cccc(Cl)c2F)[C@@]1(N)c1ccc(Cl)cc1F. The Balaban J connectivity index is 1.88. The summed E-state index contributed by atoms with van der Waals surface area (Å²) in [4.78, 5) is 25.2. The molecular weight excluding hydrogens is 583 g/mol. The molecule has 3 aromatic rings. The molecular formula is C29H28Cl3F2N3O3. The van der Waals surface area contributed by atoms with E-state index >= 15 is 8.78 Å². The van der Waals surface area contributed by atoms with Crippen LogP contribution in [0.25, 0.3) is 0 Å². The van der Waals surface area contributed by atoms with Crippen molar-refractivity contribution in [1.29, 1.82) is 0 Å². The van der Waals surface area contributed by atoms with E-state index in [0.717, 1.165) is 6.07 Å². The van der Waals surface area contributed by atoms with Gasteiger partial charge in [0.15, 0.2) is 0 Å². The van der Waals surface area contributed by atoms with E-state index in [1.165, 1.54) is 48.5 Å². The summed E-state index contributed by atoms with van der Waals surface area (Å²) in [7, 11) is 0. The van der Waals surface area contributed by atoms with Gasteiger partial charge in [-0.3, -0.25) is 4.79 Å². The van der Waals surface area contributed by atoms with Crippen LogP contribution in [-0.4, -0.2) is 29.1 Å². The average molecular weight is 611 g/mol. The van der Waals surface area contributed by atoms with Gasteiger partial charge in [-0.05, 0) is 53.8 Å². The minimum absolute atomic E-state index is 0.0349. The zero-order valence-electron chi connectivity index (χ0n) is 21.9. The molecule has 5 N–H and O–H groups in total. The molecule has 1 aliphatic rings. The fourth-order valence-electron chi connectivity index (χ4n) is 5.39. The van der Waals surface area contributed by atoms with E-state index in [2.05, 4.69) is 10.6 Å². The molecule has 1 amide bonds. The van der Waals surface area contributed by atoms with Crippen molar-refractivity contribution in [3.05, 3.63) is 98.0 Å². The Morgan fingerprint density at radius 1 is 1.05 bits per heavy atom. The van der Waals surface area contributed by atoms with E-state index in [1.54, 1.807) is 0 Å². The van der Waals surface area contributed by atoms with Crippen LogP contribution in [0.1, 0.15) is 54.6 Å². The van der Waals surface area contributed by atoms with Crippen LogP contribution in [0, 0.1) is 17.0 Å². The Morgan fingerprint density at radius 3 is 2.35 bits per heavy atom. The highest BCUT2D eigenvalue weighted by atomic mass is 35.5. The van der Waals surface area contributed by atoms with Crippen molar-refractivity contribution in [1.82, 2.24) is 5.32 Å². The van der Waals surface area contributed by atoms with E-state index in [-0.39, 0.29) is 42.9 Å². The number of nitrogens with two attached hydrogens (primary N) is 1. The zero-order chi connectivity index (χ0) is 29.6. The number of aromatic carboxylic acids is 1. The van der Waals surface area contributed by atoms with Crippen LogP contribution in [0.5, 0.6) is 0 Å². The predicted molar refractivity (Wildman–Crippen MR) is 153 cm³/mol. The van der Waals surface area contributed by atoms with Crippen LogP contribution in [0.3, 0.4) is 0 Å². The summed E-state index contributed by atoms with van der Waals surface area (Å²) in [5.74, 6) is -4.42. The maximum atomic E-state index is 15.6. The summed E-state index contributed by atoms with van der Waals surface area (Å²) in [5, 5.41) is 15.1. The smallest absolute Gasteiger partial charge is 0.337 e. The molecule has 0 unspecified atom stereocenters. The van der Waals surface area contributed by atoms with E-state index in [1.807, 2.05) is 20.8 Å². The number of carbonyl (C=O) groups excluding carboxylic acids is 1. The molecule has 0 aromatic heterocycles. The highest BCUT2D eigenvalue weighted by Crippen LogP contribution is 2.50. The maximum Gasteiger partial charge on any atom is 0.337 e. The third-order valence-electron chi connectivity index (χ3n) is 7.09. The zero-order valence-corrected chi connectivity index (χ0v) is 24.1. The number of carbonyl (C=O) groups is 2. The van der Waals surface area contributed by atoms with Gasteiger partial charge < -0.3 is 21.5 Å². The molecule has 3 aromatic carbocycles. The van der Waals surface area contributed by atoms with Crippen LogP contribution >= 0.6 is 34.8 Å². The van der Waals surface area contributed by atoms with E-state index < -0.39 is 47.1 Å². The number of rotatable bonds is 6. The molecule has 212 valence electrons. The molecule has 4 rings (SSSR count). The molecule has 4 atom stereocenters. The number of carboxylic acids is 1. The molecule has 1 fully saturated rings. The Kier molecular flexibility index (Phi) is 8.50. The van der Waals surface area contributed by atoms with E-state index in [4.69, 9.17) is 40.5 Å². The van der Waals surface area contributed by atoms with Gasteiger partial charge in [-0.2, -0.15) is 0 Å². The third kappa shape index (κ3) is 5.83. The minimum Gasteiger partial charge on any atom is -0.478 e. The van der Waals surface area contributed by atoms with Gasteiger partial charge >= 0.3 is 5.97 Å². The molecule has 1 saturated heterocycles. The first-order chi connectivity index (χ1) is 18.6. The Labute approximate surface area is 245 Å². The first kappa shape index (κ1) is 30.2. The molecule has 0 aliphatic carbocycles. The molecule has 40 heavy (non-hydrogen) atoms. The molecule has 0 saturated carbocycles. The monoisotopic (exact) mass is 609 g/mol. The van der Waals surface area contributed by atoms with Crippen LogP contribution < -0.4 is 16.4 Å². The van der Waals surface area contributed by atoms with Gasteiger partial charge in [0.1, 0.15) is 11.6 Å². The molecule has 1 aliphatic heterocycles. The summed E-state index contributed by atoms with van der Waals surface area (Å²) >= 11 is 18.3. The van der Waals surface area contributed by atoms with Gasteiger partial charge in [-0.15, -0.1) is 0 Å². The molecule has 0 bridgehead atoms. The Hall–Kier alpha value is -2.75. The average Bonchev–Trinajstić information content (AvgIpc) is 3.12. The second-order valence-electron chi connectivity index (χ2n) is 11.1. The molecule has 0 spiro atoms. The van der Waals surface area contributed by atoms with Crippen LogP contribution in [-0.2, 0) is 10.3 Å². The lowest BCUT2D eigenvalue weighted by Gasteiger charge is -2.40. The fourth-order valence-corrected chi connectivity index (χ4v) is 5.99. The Bertz CT molecular complexity index is 1480. The van der Waals surface area contributed by atoms with Crippen LogP contribution in [0.4, 0.5) is 14.5 Å². The summed E-state index contributed by atoms with van der Waals surface area (Å²) in [6.07, 6.45) is 0.396. The lowest BCUT2D eigenvalue weighted by molar-refractivity contribution is -0.118. The van der Waals surface area contributed by atoms with Gasteiger partial charge in [0, 0.05) is 28.2 Å². The second-order valence-corrected chi connectivity index (χ2v) is 12.4. The van der Waals surface area contributed by atoms with Crippen molar-refractivity contribution in [2.24, 2.45) is 11.1 Å². The van der Waals surface area contributed by atoms with Crippen molar-refractivity contribution < 1.29 is 23.5 Å². The summed E-state index contributed by atoms with van der Waals surface area (Å²) in [5.41, 5.74) is 5.38. The lowest BCUT2D eigenvalue weighted by atomic mass is 9.68. The molecule has 11 heteroatoms. The highest BCUT2D eigenvalue weighted by Gasteiger charge is 2.58. The minimum atomic E-state index is -1.62. The molecule has 1 heterocycles. The lowest BCUT2D eigenvalue weighted by Crippen LogP contribution is -2.52. The van der Waals surface area contributed by atoms with Crippen LogP contribution in [0.15, 0.2) is 54.6 Å². The second kappa shape index (κ2) is 11.3. The third-order valence-corrected chi connectivity index (χ3v) is 7.93. The maximum absolute atomic E-state index is 15.6. The standard InChI is InChI=1S/C29H28Cl3F2N3O3/c1-28(2,3)13-22-29(35,18-10-7-14(30)11-21(18)33)23(17-5-4-6-19(31)24(17)34)25(37-22)26(38)36-15-8-9-16(27(39)40)20(32)12-15/h4-12,22-23,25,37H,13,35H2,1-3H3,(H,36,38)(H,39,40)/t22-,23-,25+,29+/m0/s1. The highest BCUT2D eigenvalue weighted by molar-refractivity contribution is 6.34. The van der Waals surface area contributed by atoms with E-state index in [9.17, 15) is 14.7 Å². The van der Waals surface area contributed by atoms with Crippen molar-refractivity contribution in [2.45, 2.75) is 50.7 Å². The van der Waals surface area contributed by atoms with Gasteiger partial charge in [0.25, 0.3) is 0 Å². The summed E-state index contributed by atoms with van der Waals surface area (Å²) in [6.45, 7) is 5.92. The van der Waals surface area contributed by atoms with Crippen molar-refractivity contribution in [3.8, 4) is 0 Å². The number of benzene rings is 3. The first-order valence-electron chi connectivity index (χ1n) is 12.4. The van der Waals surface area contributed by atoms with Crippen molar-refractivity contribution in [2.75, 3.05) is 5.32 Å². The Morgan fingerprint density at radius 2 is 1.75 bits per heavy atom. The number of nitrogens with one attached hydrogen (secondary N) is 2. The molecule has 0 radical (unpaired) electrons.